The summed E-state index contributed by atoms with van der Waals surface area (Å²) in [7, 11) is -3.84. The van der Waals surface area contributed by atoms with Gasteiger partial charge in [0, 0.05) is 37.0 Å². The van der Waals surface area contributed by atoms with E-state index in [0.717, 1.165) is 16.9 Å². The molecule has 0 spiro atoms. The lowest BCUT2D eigenvalue weighted by Gasteiger charge is -2.44. The smallest absolute Gasteiger partial charge is 0.349 e. The Morgan fingerprint density at radius 3 is 2.40 bits per heavy atom. The normalized spacial score (nSPS) is 17.5. The molecule has 2 aromatic heterocycles. The Labute approximate surface area is 241 Å². The standard InChI is InChI=1S/C30H29F2N5O4S/c1-6-25(38)35-15-19(4)36(16-18(35)3)28-21-14-23(32)26(20-11-7-8-12-22(20)31)33-29(21)37(30(39)34-28)27-17(2)10-9-13-24(27)42(5,40)41/h6-14,18-19H,1,15-16H2,2-5H3/t18-,19+/m1/s1. The van der Waals surface area contributed by atoms with Gasteiger partial charge in [0.15, 0.2) is 15.5 Å². The Hall–Kier alpha value is -4.45. The van der Waals surface area contributed by atoms with Crippen LogP contribution in [0.4, 0.5) is 14.6 Å². The number of hydrogen-bond donors (Lipinski definition) is 0. The molecule has 42 heavy (non-hydrogen) atoms. The van der Waals surface area contributed by atoms with Crippen LogP contribution in [0.25, 0.3) is 28.0 Å². The lowest BCUT2D eigenvalue weighted by atomic mass is 10.1. The third-order valence-electron chi connectivity index (χ3n) is 7.47. The molecule has 1 amide bonds. The monoisotopic (exact) mass is 593 g/mol. The molecule has 9 nitrogen and oxygen atoms in total. The Bertz CT molecular complexity index is 1930. The molecule has 0 radical (unpaired) electrons. The molecule has 1 saturated heterocycles. The summed E-state index contributed by atoms with van der Waals surface area (Å²) >= 11 is 0. The van der Waals surface area contributed by atoms with Gasteiger partial charge in [-0.25, -0.2) is 31.5 Å². The summed E-state index contributed by atoms with van der Waals surface area (Å²) in [6.07, 6.45) is 2.25. The van der Waals surface area contributed by atoms with Crippen LogP contribution in [0.2, 0.25) is 0 Å². The van der Waals surface area contributed by atoms with E-state index in [2.05, 4.69) is 16.5 Å². The summed E-state index contributed by atoms with van der Waals surface area (Å²) in [6.45, 7) is 9.43. The van der Waals surface area contributed by atoms with Gasteiger partial charge in [-0.15, -0.1) is 0 Å². The van der Waals surface area contributed by atoms with E-state index in [1.165, 1.54) is 36.4 Å². The van der Waals surface area contributed by atoms with E-state index in [1.54, 1.807) is 28.9 Å². The Morgan fingerprint density at radius 2 is 1.74 bits per heavy atom. The zero-order valence-electron chi connectivity index (χ0n) is 23.5. The van der Waals surface area contributed by atoms with Crippen LogP contribution in [0.3, 0.4) is 0 Å². The van der Waals surface area contributed by atoms with Gasteiger partial charge in [-0.05, 0) is 56.7 Å². The Kier molecular flexibility index (Phi) is 7.44. The number of pyridine rings is 1. The van der Waals surface area contributed by atoms with E-state index < -0.39 is 27.2 Å². The predicted octanol–water partition coefficient (Wildman–Crippen LogP) is 4.05. The zero-order valence-corrected chi connectivity index (χ0v) is 24.3. The number of nitrogens with zero attached hydrogens (tertiary/aromatic N) is 5. The molecule has 1 fully saturated rings. The average molecular weight is 594 g/mol. The fraction of sp³-hybridized carbons (Fsp3) is 0.267. The van der Waals surface area contributed by atoms with E-state index in [4.69, 9.17) is 0 Å². The van der Waals surface area contributed by atoms with Crippen molar-refractivity contribution in [1.82, 2.24) is 19.4 Å². The molecule has 0 saturated carbocycles. The van der Waals surface area contributed by atoms with Crippen molar-refractivity contribution in [2.75, 3.05) is 24.2 Å². The summed E-state index contributed by atoms with van der Waals surface area (Å²) < 4.78 is 57.3. The maximum absolute atomic E-state index is 15.8. The van der Waals surface area contributed by atoms with E-state index in [0.29, 0.717) is 5.56 Å². The molecule has 1 aliphatic rings. The average Bonchev–Trinajstić information content (AvgIpc) is 2.93. The van der Waals surface area contributed by atoms with Gasteiger partial charge in [0.1, 0.15) is 23.1 Å². The third-order valence-corrected chi connectivity index (χ3v) is 8.60. The molecule has 3 heterocycles. The van der Waals surface area contributed by atoms with Crippen molar-refractivity contribution in [2.24, 2.45) is 0 Å². The number of aromatic nitrogens is 3. The van der Waals surface area contributed by atoms with Crippen molar-refractivity contribution in [1.29, 1.82) is 0 Å². The predicted molar refractivity (Wildman–Crippen MR) is 157 cm³/mol. The molecule has 218 valence electrons. The molecule has 12 heteroatoms. The Balaban J connectivity index is 1.85. The first-order valence-electron chi connectivity index (χ1n) is 13.2. The zero-order chi connectivity index (χ0) is 30.5. The number of benzene rings is 2. The molecular formula is C30H29F2N5O4S. The van der Waals surface area contributed by atoms with Crippen LogP contribution in [0.5, 0.6) is 0 Å². The maximum atomic E-state index is 15.8. The fourth-order valence-corrected chi connectivity index (χ4v) is 6.36. The highest BCUT2D eigenvalue weighted by Gasteiger charge is 2.34. The third kappa shape index (κ3) is 4.95. The number of piperazine rings is 1. The van der Waals surface area contributed by atoms with E-state index >= 15 is 4.39 Å². The van der Waals surface area contributed by atoms with Crippen LogP contribution < -0.4 is 10.6 Å². The molecule has 5 rings (SSSR count). The van der Waals surface area contributed by atoms with Gasteiger partial charge in [0.2, 0.25) is 5.91 Å². The number of amides is 1. The highest BCUT2D eigenvalue weighted by Crippen LogP contribution is 2.34. The first-order chi connectivity index (χ1) is 19.8. The number of hydrogen-bond acceptors (Lipinski definition) is 7. The van der Waals surface area contributed by atoms with Crippen LogP contribution in [0, 0.1) is 18.6 Å². The van der Waals surface area contributed by atoms with E-state index in [9.17, 15) is 22.4 Å². The molecule has 2 atom stereocenters. The molecule has 2 aromatic carbocycles. The first-order valence-corrected chi connectivity index (χ1v) is 15.1. The van der Waals surface area contributed by atoms with Gasteiger partial charge in [-0.2, -0.15) is 4.98 Å². The number of para-hydroxylation sites is 1. The molecule has 1 aliphatic heterocycles. The van der Waals surface area contributed by atoms with Gasteiger partial charge < -0.3 is 9.80 Å². The largest absolute Gasteiger partial charge is 0.355 e. The van der Waals surface area contributed by atoms with Gasteiger partial charge in [0.25, 0.3) is 0 Å². The molecule has 0 N–H and O–H groups in total. The van der Waals surface area contributed by atoms with Crippen LogP contribution in [0.1, 0.15) is 19.4 Å². The number of anilines is 1. The SMILES string of the molecule is C=CC(=O)N1C[C@H](C)N(c2nc(=O)n(-c3c(C)cccc3S(C)(=O)=O)c3nc(-c4ccccc4F)c(F)cc23)C[C@H]1C. The van der Waals surface area contributed by atoms with Crippen molar-refractivity contribution in [3.63, 3.8) is 0 Å². The van der Waals surface area contributed by atoms with Gasteiger partial charge in [0.05, 0.1) is 16.0 Å². The molecule has 0 unspecified atom stereocenters. The topological polar surface area (TPSA) is 105 Å². The highest BCUT2D eigenvalue weighted by molar-refractivity contribution is 7.90. The number of carbonyl (C=O) groups excluding carboxylic acids is 1. The van der Waals surface area contributed by atoms with Crippen LogP contribution >= 0.6 is 0 Å². The summed E-state index contributed by atoms with van der Waals surface area (Å²) in [5.74, 6) is -1.69. The Morgan fingerprint density at radius 1 is 1.02 bits per heavy atom. The maximum Gasteiger partial charge on any atom is 0.355 e. The van der Waals surface area contributed by atoms with Crippen molar-refractivity contribution in [3.8, 4) is 16.9 Å². The minimum Gasteiger partial charge on any atom is -0.349 e. The van der Waals surface area contributed by atoms with Crippen LogP contribution in [-0.2, 0) is 14.6 Å². The van der Waals surface area contributed by atoms with Gasteiger partial charge in [-0.3, -0.25) is 4.79 Å². The van der Waals surface area contributed by atoms with E-state index in [-0.39, 0.29) is 69.8 Å². The highest BCUT2D eigenvalue weighted by atomic mass is 32.2. The summed E-state index contributed by atoms with van der Waals surface area (Å²) in [5.41, 5.74) is -0.944. The second-order valence-corrected chi connectivity index (χ2v) is 12.4. The van der Waals surface area contributed by atoms with Gasteiger partial charge >= 0.3 is 5.69 Å². The minimum atomic E-state index is -3.84. The summed E-state index contributed by atoms with van der Waals surface area (Å²) in [5, 5.41) is 0.123. The number of rotatable bonds is 5. The summed E-state index contributed by atoms with van der Waals surface area (Å²) in [6, 6.07) is 10.6. The molecular weight excluding hydrogens is 564 g/mol. The molecule has 4 aromatic rings. The molecule has 0 aliphatic carbocycles. The number of halogens is 2. The number of aryl methyl sites for hydroxylation is 1. The quantitative estimate of drug-likeness (QED) is 0.322. The second kappa shape index (κ2) is 10.8. The summed E-state index contributed by atoms with van der Waals surface area (Å²) in [4.78, 5) is 38.4. The van der Waals surface area contributed by atoms with Crippen molar-refractivity contribution < 1.29 is 22.0 Å². The first kappa shape index (κ1) is 29.1. The lowest BCUT2D eigenvalue weighted by Crippen LogP contribution is -2.58. The number of fused-ring (bicyclic) bond motifs is 1. The van der Waals surface area contributed by atoms with Crippen molar-refractivity contribution in [3.05, 3.63) is 88.9 Å². The van der Waals surface area contributed by atoms with E-state index in [1.807, 2.05) is 13.8 Å². The number of sulfone groups is 1. The van der Waals surface area contributed by atoms with Crippen LogP contribution in [-0.4, -0.2) is 65.2 Å². The van der Waals surface area contributed by atoms with Crippen LogP contribution in [0.15, 0.2) is 70.9 Å². The minimum absolute atomic E-state index is 0.0236. The lowest BCUT2D eigenvalue weighted by molar-refractivity contribution is -0.128. The van der Waals surface area contributed by atoms with Gasteiger partial charge in [-0.1, -0.05) is 30.8 Å². The number of carbonyl (C=O) groups is 1. The van der Waals surface area contributed by atoms with Crippen molar-refractivity contribution in [2.45, 2.75) is 37.8 Å². The second-order valence-electron chi connectivity index (χ2n) is 10.5. The van der Waals surface area contributed by atoms with Crippen molar-refractivity contribution >= 4 is 32.6 Å². The molecule has 0 bridgehead atoms. The fourth-order valence-electron chi connectivity index (χ4n) is 5.43.